The number of piperidine rings is 1. The summed E-state index contributed by atoms with van der Waals surface area (Å²) >= 11 is 0. The van der Waals surface area contributed by atoms with Gasteiger partial charge in [0.05, 0.1) is 5.60 Å². The second-order valence-corrected chi connectivity index (χ2v) is 6.17. The van der Waals surface area contributed by atoms with Crippen molar-refractivity contribution >= 4 is 0 Å². The summed E-state index contributed by atoms with van der Waals surface area (Å²) in [6, 6.07) is 0. The Balaban J connectivity index is 1.50. The molecule has 2 nitrogen and oxygen atoms in total. The van der Waals surface area contributed by atoms with Gasteiger partial charge in [0.15, 0.2) is 0 Å². The Morgan fingerprint density at radius 1 is 1.06 bits per heavy atom. The van der Waals surface area contributed by atoms with Crippen LogP contribution in [-0.4, -0.2) is 25.3 Å². The highest BCUT2D eigenvalue weighted by atomic mass is 16.5. The van der Waals surface area contributed by atoms with Gasteiger partial charge in [0.2, 0.25) is 0 Å². The first-order valence-corrected chi connectivity index (χ1v) is 7.21. The summed E-state index contributed by atoms with van der Waals surface area (Å²) in [5.41, 5.74) is 0.357. The number of hydrogen-bond acceptors (Lipinski definition) is 2. The number of nitrogens with one attached hydrogen (secondary N) is 1. The van der Waals surface area contributed by atoms with Crippen molar-refractivity contribution in [2.75, 3.05) is 19.7 Å². The van der Waals surface area contributed by atoms with Gasteiger partial charge in [-0.2, -0.15) is 0 Å². The summed E-state index contributed by atoms with van der Waals surface area (Å²) < 4.78 is 6.01. The van der Waals surface area contributed by atoms with E-state index in [-0.39, 0.29) is 0 Å². The van der Waals surface area contributed by atoms with Crippen LogP contribution in [0.5, 0.6) is 0 Å². The third-order valence-corrected chi connectivity index (χ3v) is 4.99. The molecule has 16 heavy (non-hydrogen) atoms. The molecule has 3 fully saturated rings. The molecule has 0 amide bonds. The molecule has 0 aromatic heterocycles. The Labute approximate surface area is 99.1 Å². The highest BCUT2D eigenvalue weighted by molar-refractivity contribution is 4.94. The summed E-state index contributed by atoms with van der Waals surface area (Å²) in [5.74, 6) is 1.97. The van der Waals surface area contributed by atoms with Gasteiger partial charge < -0.3 is 10.1 Å². The van der Waals surface area contributed by atoms with E-state index >= 15 is 0 Å². The van der Waals surface area contributed by atoms with Crippen molar-refractivity contribution < 1.29 is 4.74 Å². The lowest BCUT2D eigenvalue weighted by atomic mass is 9.70. The zero-order chi connectivity index (χ0) is 10.8. The predicted molar refractivity (Wildman–Crippen MR) is 65.5 cm³/mol. The van der Waals surface area contributed by atoms with Gasteiger partial charge >= 0.3 is 0 Å². The normalized spacial score (nSPS) is 34.9. The standard InChI is InChI=1S/C14H25NO/c1-5-14(6-1)11-13(4-9-16-14)10-12-2-7-15-8-3-12/h12-13,15H,1-11H2. The quantitative estimate of drug-likeness (QED) is 0.777. The van der Waals surface area contributed by atoms with Crippen LogP contribution in [0.15, 0.2) is 0 Å². The average Bonchev–Trinajstić information content (AvgIpc) is 2.29. The first-order valence-electron chi connectivity index (χ1n) is 7.21. The van der Waals surface area contributed by atoms with Crippen LogP contribution in [0.25, 0.3) is 0 Å². The van der Waals surface area contributed by atoms with Gasteiger partial charge in [0, 0.05) is 6.61 Å². The van der Waals surface area contributed by atoms with E-state index in [0.29, 0.717) is 5.60 Å². The number of ether oxygens (including phenoxy) is 1. The molecule has 1 N–H and O–H groups in total. The van der Waals surface area contributed by atoms with E-state index in [0.717, 1.165) is 18.4 Å². The fourth-order valence-corrected chi connectivity index (χ4v) is 3.84. The van der Waals surface area contributed by atoms with Crippen molar-refractivity contribution in [3.63, 3.8) is 0 Å². The van der Waals surface area contributed by atoms with E-state index in [1.54, 1.807) is 0 Å². The SMILES string of the molecule is C1CC2(C1)CC(CC1CCNCC1)CCO2. The number of rotatable bonds is 2. The van der Waals surface area contributed by atoms with Crippen LogP contribution in [0.3, 0.4) is 0 Å². The fraction of sp³-hybridized carbons (Fsp3) is 1.00. The molecule has 1 unspecified atom stereocenters. The summed E-state index contributed by atoms with van der Waals surface area (Å²) in [5, 5.41) is 3.47. The van der Waals surface area contributed by atoms with E-state index in [4.69, 9.17) is 4.74 Å². The third kappa shape index (κ3) is 2.28. The van der Waals surface area contributed by atoms with Crippen molar-refractivity contribution in [1.29, 1.82) is 0 Å². The summed E-state index contributed by atoms with van der Waals surface area (Å²) in [6.07, 6.45) is 11.1. The first-order chi connectivity index (χ1) is 7.86. The van der Waals surface area contributed by atoms with Crippen molar-refractivity contribution in [3.8, 4) is 0 Å². The molecular weight excluding hydrogens is 198 g/mol. The molecule has 3 rings (SSSR count). The maximum atomic E-state index is 6.01. The highest BCUT2D eigenvalue weighted by Gasteiger charge is 2.42. The smallest absolute Gasteiger partial charge is 0.0685 e. The molecule has 2 heteroatoms. The van der Waals surface area contributed by atoms with Gasteiger partial charge in [-0.05, 0) is 76.3 Å². The van der Waals surface area contributed by atoms with Gasteiger partial charge in [-0.3, -0.25) is 0 Å². The van der Waals surface area contributed by atoms with Crippen LogP contribution in [0.1, 0.15) is 51.4 Å². The molecule has 2 aliphatic heterocycles. The lowest BCUT2D eigenvalue weighted by Gasteiger charge is -2.48. The van der Waals surface area contributed by atoms with Gasteiger partial charge in [0.1, 0.15) is 0 Å². The Kier molecular flexibility index (Phi) is 3.21. The first kappa shape index (κ1) is 11.0. The molecule has 92 valence electrons. The molecule has 1 atom stereocenters. The summed E-state index contributed by atoms with van der Waals surface area (Å²) in [6.45, 7) is 3.54. The molecule has 1 saturated carbocycles. The minimum absolute atomic E-state index is 0.357. The van der Waals surface area contributed by atoms with Crippen LogP contribution < -0.4 is 5.32 Å². The van der Waals surface area contributed by atoms with Crippen LogP contribution in [0, 0.1) is 11.8 Å². The summed E-state index contributed by atoms with van der Waals surface area (Å²) in [7, 11) is 0. The maximum Gasteiger partial charge on any atom is 0.0685 e. The fourth-order valence-electron chi connectivity index (χ4n) is 3.84. The predicted octanol–water partition coefficient (Wildman–Crippen LogP) is 2.73. The molecule has 0 aromatic rings. The van der Waals surface area contributed by atoms with Gasteiger partial charge in [-0.15, -0.1) is 0 Å². The summed E-state index contributed by atoms with van der Waals surface area (Å²) in [4.78, 5) is 0. The average molecular weight is 223 g/mol. The van der Waals surface area contributed by atoms with E-state index in [9.17, 15) is 0 Å². The van der Waals surface area contributed by atoms with Crippen molar-refractivity contribution in [2.45, 2.75) is 57.0 Å². The topological polar surface area (TPSA) is 21.3 Å². The van der Waals surface area contributed by atoms with Crippen LogP contribution in [0.4, 0.5) is 0 Å². The molecule has 0 radical (unpaired) electrons. The van der Waals surface area contributed by atoms with Crippen LogP contribution >= 0.6 is 0 Å². The minimum atomic E-state index is 0.357. The monoisotopic (exact) mass is 223 g/mol. The molecule has 1 aliphatic carbocycles. The molecule has 0 bridgehead atoms. The van der Waals surface area contributed by atoms with Crippen molar-refractivity contribution in [2.24, 2.45) is 11.8 Å². The van der Waals surface area contributed by atoms with E-state index in [2.05, 4.69) is 5.32 Å². The molecule has 2 saturated heterocycles. The Morgan fingerprint density at radius 2 is 1.88 bits per heavy atom. The van der Waals surface area contributed by atoms with E-state index in [1.807, 2.05) is 0 Å². The molecular formula is C14H25NO. The Bertz CT molecular complexity index is 231. The van der Waals surface area contributed by atoms with Gasteiger partial charge in [-0.1, -0.05) is 0 Å². The Hall–Kier alpha value is -0.0800. The maximum absolute atomic E-state index is 6.01. The van der Waals surface area contributed by atoms with E-state index in [1.165, 1.54) is 64.5 Å². The van der Waals surface area contributed by atoms with E-state index < -0.39 is 0 Å². The zero-order valence-electron chi connectivity index (χ0n) is 10.3. The van der Waals surface area contributed by atoms with Crippen molar-refractivity contribution in [3.05, 3.63) is 0 Å². The van der Waals surface area contributed by atoms with Gasteiger partial charge in [-0.25, -0.2) is 0 Å². The lowest BCUT2D eigenvalue weighted by Crippen LogP contribution is -2.46. The second kappa shape index (κ2) is 4.66. The van der Waals surface area contributed by atoms with Crippen LogP contribution in [-0.2, 0) is 4.74 Å². The second-order valence-electron chi connectivity index (χ2n) is 6.17. The molecule has 1 spiro atoms. The number of hydrogen-bond donors (Lipinski definition) is 1. The van der Waals surface area contributed by atoms with Crippen molar-refractivity contribution in [1.82, 2.24) is 5.32 Å². The Morgan fingerprint density at radius 3 is 2.56 bits per heavy atom. The van der Waals surface area contributed by atoms with Crippen LogP contribution in [0.2, 0.25) is 0 Å². The van der Waals surface area contributed by atoms with Gasteiger partial charge in [0.25, 0.3) is 0 Å². The largest absolute Gasteiger partial charge is 0.375 e. The zero-order valence-corrected chi connectivity index (χ0v) is 10.3. The highest BCUT2D eigenvalue weighted by Crippen LogP contribution is 2.45. The lowest BCUT2D eigenvalue weighted by molar-refractivity contribution is -0.145. The molecule has 2 heterocycles. The third-order valence-electron chi connectivity index (χ3n) is 4.99. The molecule has 3 aliphatic rings. The molecule has 0 aromatic carbocycles. The minimum Gasteiger partial charge on any atom is -0.375 e.